The summed E-state index contributed by atoms with van der Waals surface area (Å²) in [6.45, 7) is 19.4. The number of aliphatic hydroxyl groups is 1. The molecule has 1 saturated heterocycles. The van der Waals surface area contributed by atoms with Crippen LogP contribution in [0.3, 0.4) is 0 Å². The second kappa shape index (κ2) is 20.0. The molecule has 0 aromatic heterocycles. The number of rotatable bonds is 5. The number of carbonyl (C=O) groups is 4. The quantitative estimate of drug-likeness (QED) is 0.291. The van der Waals surface area contributed by atoms with Gasteiger partial charge >= 0.3 is 5.97 Å². The van der Waals surface area contributed by atoms with Crippen molar-refractivity contribution < 1.29 is 33.8 Å². The summed E-state index contributed by atoms with van der Waals surface area (Å²) in [6, 6.07) is 4.71. The van der Waals surface area contributed by atoms with Gasteiger partial charge in [0.05, 0.1) is 24.3 Å². The largest absolute Gasteiger partial charge is 0.497 e. The third kappa shape index (κ3) is 12.4. The van der Waals surface area contributed by atoms with Crippen LogP contribution < -0.4 is 20.7 Å². The fraction of sp³-hybridized carbons (Fsp3) is 0.744. The van der Waals surface area contributed by atoms with Crippen molar-refractivity contribution in [3.8, 4) is 5.75 Å². The summed E-state index contributed by atoms with van der Waals surface area (Å²) in [5.74, 6) is 0.236. The summed E-state index contributed by atoms with van der Waals surface area (Å²) in [5, 5.41) is 21.5. The van der Waals surface area contributed by atoms with Gasteiger partial charge in [-0.2, -0.15) is 0 Å². The van der Waals surface area contributed by atoms with Crippen LogP contribution >= 0.6 is 11.8 Å². The number of hydrogen-bond donors (Lipinski definition) is 4. The molecule has 3 heterocycles. The Balaban J connectivity index is 1.62. The molecule has 3 amide bonds. The van der Waals surface area contributed by atoms with Gasteiger partial charge in [0.25, 0.3) is 0 Å². The average Bonchev–Trinajstić information content (AvgIpc) is 3.83. The highest BCUT2D eigenvalue weighted by Gasteiger charge is 2.41. The van der Waals surface area contributed by atoms with Gasteiger partial charge in [0, 0.05) is 36.6 Å². The summed E-state index contributed by atoms with van der Waals surface area (Å²) < 4.78 is 11.7. The highest BCUT2D eigenvalue weighted by molar-refractivity contribution is 8.14. The van der Waals surface area contributed by atoms with E-state index in [0.29, 0.717) is 50.3 Å². The number of methoxy groups -OCH3 is 1. The first kappa shape index (κ1) is 45.5. The molecule has 0 radical (unpaired) electrons. The van der Waals surface area contributed by atoms with Crippen molar-refractivity contribution in [1.29, 1.82) is 0 Å². The minimum atomic E-state index is -0.924. The summed E-state index contributed by atoms with van der Waals surface area (Å²) in [6.07, 6.45) is 3.32. The monoisotopic (exact) mass is 799 g/mol. The van der Waals surface area contributed by atoms with Crippen LogP contribution in [0.15, 0.2) is 29.3 Å². The highest BCUT2D eigenvalue weighted by atomic mass is 32.2. The van der Waals surface area contributed by atoms with Gasteiger partial charge in [-0.25, -0.2) is 0 Å². The molecule has 2 bridgehead atoms. The van der Waals surface area contributed by atoms with E-state index in [2.05, 4.69) is 62.4 Å². The zero-order valence-electron chi connectivity index (χ0n) is 35.5. The summed E-state index contributed by atoms with van der Waals surface area (Å²) in [5.41, 5.74) is -0.0894. The number of esters is 1. The Hall–Kier alpha value is -3.16. The fourth-order valence-electron chi connectivity index (χ4n) is 7.67. The minimum Gasteiger partial charge on any atom is -0.497 e. The molecule has 0 aliphatic carbocycles. The molecule has 4 N–H and O–H groups in total. The molecule has 314 valence electrons. The maximum Gasteiger partial charge on any atom is 0.323 e. The van der Waals surface area contributed by atoms with Crippen molar-refractivity contribution >= 4 is 40.5 Å². The second-order valence-corrected chi connectivity index (χ2v) is 19.1. The smallest absolute Gasteiger partial charge is 0.323 e. The maximum atomic E-state index is 14.0. The molecule has 13 heteroatoms. The Morgan fingerprint density at radius 1 is 1.04 bits per heavy atom. The van der Waals surface area contributed by atoms with Crippen molar-refractivity contribution in [2.75, 3.05) is 26.0 Å². The summed E-state index contributed by atoms with van der Waals surface area (Å²) in [7, 11) is 1.58. The molecule has 4 rings (SSSR count). The Morgan fingerprint density at radius 2 is 1.73 bits per heavy atom. The molecule has 1 aromatic carbocycles. The molecule has 12 nitrogen and oxygen atoms in total. The predicted molar refractivity (Wildman–Crippen MR) is 223 cm³/mol. The molecule has 56 heavy (non-hydrogen) atoms. The Labute approximate surface area is 339 Å². The van der Waals surface area contributed by atoms with Crippen molar-refractivity contribution in [3.63, 3.8) is 0 Å². The molecular formula is C43H69N5O7S. The van der Waals surface area contributed by atoms with Gasteiger partial charge in [-0.05, 0) is 80.5 Å². The SMILES string of the molecule is CC[C@H](C)[C@H]1CN2CCC[C@H]2C(=O)O[C@H](C(C)(C)C)C[C@@H](C)C[C@H](O)C(C)(C)C2=N[C@@H](CCC(=O)N[C@@H](Cc3ccc(OC)cc3)C(=O)N[C@@H](C)C(=O)N1)CS2. The number of fused-ring (bicyclic) bond motifs is 2. The van der Waals surface area contributed by atoms with Crippen molar-refractivity contribution in [2.24, 2.45) is 27.7 Å². The van der Waals surface area contributed by atoms with Crippen LogP contribution in [0.1, 0.15) is 113 Å². The number of ether oxygens (including phenoxy) is 2. The zero-order valence-corrected chi connectivity index (χ0v) is 36.3. The average molecular weight is 800 g/mol. The maximum absolute atomic E-state index is 14.0. The first-order chi connectivity index (χ1) is 26.3. The lowest BCUT2D eigenvalue weighted by atomic mass is 9.78. The predicted octanol–water partition coefficient (Wildman–Crippen LogP) is 5.29. The molecule has 3 aliphatic rings. The second-order valence-electron chi connectivity index (χ2n) is 18.1. The van der Waals surface area contributed by atoms with E-state index in [4.69, 9.17) is 14.5 Å². The first-order valence-electron chi connectivity index (χ1n) is 20.7. The molecule has 0 unspecified atom stereocenters. The number of hydrogen-bond acceptors (Lipinski definition) is 10. The van der Waals surface area contributed by atoms with Gasteiger partial charge in [0.1, 0.15) is 30.0 Å². The van der Waals surface area contributed by atoms with Gasteiger partial charge in [0.15, 0.2) is 0 Å². The van der Waals surface area contributed by atoms with E-state index in [0.717, 1.165) is 23.4 Å². The molecule has 9 atom stereocenters. The van der Waals surface area contributed by atoms with Crippen LogP contribution in [0.25, 0.3) is 0 Å². The topological polar surface area (TPSA) is 159 Å². The van der Waals surface area contributed by atoms with Gasteiger partial charge in [-0.3, -0.25) is 29.1 Å². The van der Waals surface area contributed by atoms with Crippen LogP contribution in [0.4, 0.5) is 0 Å². The fourth-order valence-corrected chi connectivity index (χ4v) is 8.99. The van der Waals surface area contributed by atoms with Gasteiger partial charge < -0.3 is 30.5 Å². The molecule has 1 aromatic rings. The lowest BCUT2D eigenvalue weighted by Gasteiger charge is -2.37. The van der Waals surface area contributed by atoms with Gasteiger partial charge in [-0.15, -0.1) is 11.8 Å². The normalized spacial score (nSPS) is 31.4. The standard InChI is InChI=1S/C43H69N5O7S/c1-11-27(3)33-24-48-20-12-13-34(48)40(53)55-36(42(5,6)7)22-26(2)21-35(49)43(8,9)41-45-30(25-56-41)16-19-37(50)46-32(39(52)44-28(4)38(51)47-33)23-29-14-17-31(54-10)18-15-29/h14-15,17-18,26-28,30,32-36,49H,11-13,16,19-25H2,1-10H3,(H,44,52)(H,46,50)(H,47,51)/t26-,27-,28-,30-,32-,33+,34-,35-,36-/m0/s1. The lowest BCUT2D eigenvalue weighted by Crippen LogP contribution is -2.57. The minimum absolute atomic E-state index is 0.0659. The van der Waals surface area contributed by atoms with Crippen LogP contribution in [-0.4, -0.2) is 107 Å². The number of aliphatic hydroxyl groups excluding tert-OH is 1. The molecule has 3 aliphatic heterocycles. The number of nitrogens with one attached hydrogen (secondary N) is 3. The Kier molecular flexibility index (Phi) is 16.3. The van der Waals surface area contributed by atoms with E-state index in [1.807, 2.05) is 38.1 Å². The van der Waals surface area contributed by atoms with Crippen molar-refractivity contribution in [3.05, 3.63) is 29.8 Å². The van der Waals surface area contributed by atoms with Crippen LogP contribution in [0, 0.1) is 22.7 Å². The van der Waals surface area contributed by atoms with Crippen molar-refractivity contribution in [2.45, 2.75) is 156 Å². The van der Waals surface area contributed by atoms with E-state index in [-0.39, 0.29) is 66.1 Å². The molecule has 0 saturated carbocycles. The number of cyclic esters (lactones) is 1. The molecule has 0 spiro atoms. The van der Waals surface area contributed by atoms with E-state index < -0.39 is 35.6 Å². The first-order valence-corrected chi connectivity index (χ1v) is 21.7. The van der Waals surface area contributed by atoms with Crippen LogP contribution in [0.5, 0.6) is 5.75 Å². The number of carbonyl (C=O) groups excluding carboxylic acids is 4. The van der Waals surface area contributed by atoms with E-state index in [9.17, 15) is 24.3 Å². The van der Waals surface area contributed by atoms with Crippen molar-refractivity contribution in [1.82, 2.24) is 20.9 Å². The van der Waals surface area contributed by atoms with Crippen LogP contribution in [0.2, 0.25) is 0 Å². The van der Waals surface area contributed by atoms with E-state index in [1.54, 1.807) is 25.8 Å². The molecular weight excluding hydrogens is 731 g/mol. The van der Waals surface area contributed by atoms with E-state index in [1.165, 1.54) is 0 Å². The number of nitrogens with zero attached hydrogens (tertiary/aromatic N) is 2. The number of benzene rings is 1. The summed E-state index contributed by atoms with van der Waals surface area (Å²) in [4.78, 5) is 62.1. The summed E-state index contributed by atoms with van der Waals surface area (Å²) >= 11 is 1.62. The Morgan fingerprint density at radius 3 is 2.38 bits per heavy atom. The number of aliphatic imine (C=N–C) groups is 1. The highest BCUT2D eigenvalue weighted by Crippen LogP contribution is 2.39. The zero-order chi connectivity index (χ0) is 41.4. The number of amides is 3. The van der Waals surface area contributed by atoms with E-state index >= 15 is 0 Å². The number of thioether (sulfide) groups is 1. The third-order valence-corrected chi connectivity index (χ3v) is 13.5. The van der Waals surface area contributed by atoms with Crippen LogP contribution in [-0.2, 0) is 30.3 Å². The lowest BCUT2D eigenvalue weighted by molar-refractivity contribution is -0.161. The Bertz CT molecular complexity index is 1530. The van der Waals surface area contributed by atoms with Gasteiger partial charge in [-0.1, -0.05) is 73.9 Å². The van der Waals surface area contributed by atoms with Gasteiger partial charge in [0.2, 0.25) is 17.7 Å². The third-order valence-electron chi connectivity index (χ3n) is 12.0. The molecule has 1 fully saturated rings.